The molecule has 0 aromatic heterocycles. The molecular formula is C18H40IN5. The summed E-state index contributed by atoms with van der Waals surface area (Å²) in [5.41, 5.74) is 0. The monoisotopic (exact) mass is 453 g/mol. The van der Waals surface area contributed by atoms with E-state index >= 15 is 0 Å². The molecule has 0 aromatic rings. The first-order chi connectivity index (χ1) is 11.2. The number of hydrogen-bond donors (Lipinski definition) is 2. The Kier molecular flexibility index (Phi) is 15.1. The Bertz CT molecular complexity index is 317. The molecule has 0 bridgehead atoms. The molecular weight excluding hydrogens is 413 g/mol. The molecule has 1 aliphatic rings. The van der Waals surface area contributed by atoms with Crippen molar-refractivity contribution in [2.45, 2.75) is 46.5 Å². The number of rotatable bonds is 10. The van der Waals surface area contributed by atoms with E-state index in [1.54, 1.807) is 0 Å². The molecule has 24 heavy (non-hydrogen) atoms. The van der Waals surface area contributed by atoms with Gasteiger partial charge in [-0.15, -0.1) is 24.0 Å². The number of guanidine groups is 1. The van der Waals surface area contributed by atoms with Crippen LogP contribution < -0.4 is 10.6 Å². The minimum absolute atomic E-state index is 0. The van der Waals surface area contributed by atoms with Gasteiger partial charge in [0.05, 0.1) is 0 Å². The summed E-state index contributed by atoms with van der Waals surface area (Å²) < 4.78 is 0. The Morgan fingerprint density at radius 3 is 2.38 bits per heavy atom. The fourth-order valence-electron chi connectivity index (χ4n) is 2.88. The van der Waals surface area contributed by atoms with Crippen molar-refractivity contribution >= 4 is 29.9 Å². The molecule has 0 amide bonds. The zero-order valence-corrected chi connectivity index (χ0v) is 18.6. The quantitative estimate of drug-likeness (QED) is 0.231. The SMILES string of the molecule is CCCCCCNC(=NCC(C)CN1CCN(C)CC1)NCC.I. The summed E-state index contributed by atoms with van der Waals surface area (Å²) in [6, 6.07) is 0. The minimum Gasteiger partial charge on any atom is -0.357 e. The summed E-state index contributed by atoms with van der Waals surface area (Å²) in [6.45, 7) is 15.5. The van der Waals surface area contributed by atoms with E-state index in [2.05, 4.69) is 48.3 Å². The highest BCUT2D eigenvalue weighted by Crippen LogP contribution is 2.05. The normalized spacial score (nSPS) is 18.1. The Labute approximate surface area is 167 Å². The number of likely N-dealkylation sites (N-methyl/N-ethyl adjacent to an activating group) is 1. The zero-order chi connectivity index (χ0) is 16.9. The lowest BCUT2D eigenvalue weighted by atomic mass is 10.1. The Hall–Kier alpha value is -0.0800. The number of aliphatic imine (C=N–C) groups is 1. The predicted molar refractivity (Wildman–Crippen MR) is 117 cm³/mol. The van der Waals surface area contributed by atoms with E-state index in [0.29, 0.717) is 5.92 Å². The van der Waals surface area contributed by atoms with Crippen LogP contribution in [0.3, 0.4) is 0 Å². The largest absolute Gasteiger partial charge is 0.357 e. The molecule has 1 unspecified atom stereocenters. The van der Waals surface area contributed by atoms with Crippen LogP contribution in [0.25, 0.3) is 0 Å². The number of piperazine rings is 1. The summed E-state index contributed by atoms with van der Waals surface area (Å²) in [7, 11) is 2.21. The van der Waals surface area contributed by atoms with E-state index in [9.17, 15) is 0 Å². The zero-order valence-electron chi connectivity index (χ0n) is 16.3. The van der Waals surface area contributed by atoms with Crippen LogP contribution in [0.1, 0.15) is 46.5 Å². The van der Waals surface area contributed by atoms with Gasteiger partial charge in [0.2, 0.25) is 0 Å². The van der Waals surface area contributed by atoms with Gasteiger partial charge in [-0.2, -0.15) is 0 Å². The molecule has 0 aliphatic carbocycles. The third-order valence-electron chi connectivity index (χ3n) is 4.39. The van der Waals surface area contributed by atoms with E-state index in [0.717, 1.165) is 32.1 Å². The summed E-state index contributed by atoms with van der Waals surface area (Å²) in [4.78, 5) is 9.75. The molecule has 1 heterocycles. The van der Waals surface area contributed by atoms with E-state index < -0.39 is 0 Å². The average Bonchev–Trinajstić information content (AvgIpc) is 2.54. The van der Waals surface area contributed by atoms with Gasteiger partial charge in [-0.1, -0.05) is 33.1 Å². The molecule has 1 fully saturated rings. The summed E-state index contributed by atoms with van der Waals surface area (Å²) in [5.74, 6) is 1.59. The maximum atomic E-state index is 4.77. The van der Waals surface area contributed by atoms with Gasteiger partial charge in [0.1, 0.15) is 0 Å². The highest BCUT2D eigenvalue weighted by molar-refractivity contribution is 14.0. The molecule has 144 valence electrons. The first-order valence-corrected chi connectivity index (χ1v) is 9.58. The lowest BCUT2D eigenvalue weighted by Gasteiger charge is -2.33. The van der Waals surface area contributed by atoms with Gasteiger partial charge in [-0.25, -0.2) is 0 Å². The highest BCUT2D eigenvalue weighted by atomic mass is 127. The summed E-state index contributed by atoms with van der Waals surface area (Å²) >= 11 is 0. The van der Waals surface area contributed by atoms with Gasteiger partial charge >= 0.3 is 0 Å². The third kappa shape index (κ3) is 11.5. The fourth-order valence-corrected chi connectivity index (χ4v) is 2.88. The van der Waals surface area contributed by atoms with E-state index in [1.165, 1.54) is 51.9 Å². The van der Waals surface area contributed by atoms with Crippen LogP contribution in [0.15, 0.2) is 4.99 Å². The van der Waals surface area contributed by atoms with Gasteiger partial charge in [-0.05, 0) is 26.3 Å². The maximum Gasteiger partial charge on any atom is 0.191 e. The molecule has 6 heteroatoms. The molecule has 0 radical (unpaired) electrons. The smallest absolute Gasteiger partial charge is 0.191 e. The van der Waals surface area contributed by atoms with Crippen molar-refractivity contribution < 1.29 is 0 Å². The predicted octanol–water partition coefficient (Wildman–Crippen LogP) is 2.62. The van der Waals surface area contributed by atoms with Crippen molar-refractivity contribution in [1.29, 1.82) is 0 Å². The van der Waals surface area contributed by atoms with Crippen LogP contribution >= 0.6 is 24.0 Å². The van der Waals surface area contributed by atoms with Crippen LogP contribution in [-0.4, -0.2) is 75.2 Å². The first-order valence-electron chi connectivity index (χ1n) is 9.58. The van der Waals surface area contributed by atoms with Gasteiger partial charge in [0.15, 0.2) is 5.96 Å². The molecule has 0 saturated carbocycles. The van der Waals surface area contributed by atoms with E-state index in [-0.39, 0.29) is 24.0 Å². The van der Waals surface area contributed by atoms with Crippen molar-refractivity contribution in [3.63, 3.8) is 0 Å². The van der Waals surface area contributed by atoms with Gasteiger partial charge < -0.3 is 20.4 Å². The second kappa shape index (κ2) is 15.2. The number of halogens is 1. The Balaban J connectivity index is 0.00000529. The number of nitrogens with zero attached hydrogens (tertiary/aromatic N) is 3. The molecule has 0 aromatic carbocycles. The molecule has 1 saturated heterocycles. The second-order valence-electron chi connectivity index (χ2n) is 6.92. The van der Waals surface area contributed by atoms with E-state index in [1.807, 2.05) is 0 Å². The summed E-state index contributed by atoms with van der Waals surface area (Å²) in [5, 5.41) is 6.82. The van der Waals surface area contributed by atoms with Crippen LogP contribution in [0, 0.1) is 5.92 Å². The molecule has 5 nitrogen and oxygen atoms in total. The standard InChI is InChI=1S/C18H39N5.HI/c1-5-7-8-9-10-20-18(19-6-2)21-15-17(3)16-23-13-11-22(4)12-14-23;/h17H,5-16H2,1-4H3,(H2,19,20,21);1H. The van der Waals surface area contributed by atoms with Gasteiger partial charge in [0.25, 0.3) is 0 Å². The highest BCUT2D eigenvalue weighted by Gasteiger charge is 2.15. The maximum absolute atomic E-state index is 4.77. The Morgan fingerprint density at radius 1 is 1.04 bits per heavy atom. The Morgan fingerprint density at radius 2 is 1.75 bits per heavy atom. The molecule has 1 aliphatic heterocycles. The van der Waals surface area contributed by atoms with Crippen molar-refractivity contribution in [2.24, 2.45) is 10.9 Å². The van der Waals surface area contributed by atoms with E-state index in [4.69, 9.17) is 4.99 Å². The summed E-state index contributed by atoms with van der Waals surface area (Å²) in [6.07, 6.45) is 5.16. The van der Waals surface area contributed by atoms with Crippen molar-refractivity contribution in [3.05, 3.63) is 0 Å². The van der Waals surface area contributed by atoms with Crippen molar-refractivity contribution in [2.75, 3.05) is 59.4 Å². The van der Waals surface area contributed by atoms with Crippen LogP contribution in [0.2, 0.25) is 0 Å². The second-order valence-corrected chi connectivity index (χ2v) is 6.92. The average molecular weight is 453 g/mol. The third-order valence-corrected chi connectivity index (χ3v) is 4.39. The van der Waals surface area contributed by atoms with Crippen LogP contribution in [0.5, 0.6) is 0 Å². The lowest BCUT2D eigenvalue weighted by Crippen LogP contribution is -2.46. The van der Waals surface area contributed by atoms with Crippen molar-refractivity contribution in [3.8, 4) is 0 Å². The topological polar surface area (TPSA) is 42.9 Å². The molecule has 2 N–H and O–H groups in total. The fraction of sp³-hybridized carbons (Fsp3) is 0.944. The number of hydrogen-bond acceptors (Lipinski definition) is 3. The van der Waals surface area contributed by atoms with Crippen LogP contribution in [-0.2, 0) is 0 Å². The van der Waals surface area contributed by atoms with Crippen LogP contribution in [0.4, 0.5) is 0 Å². The molecule has 1 rings (SSSR count). The molecule has 1 atom stereocenters. The lowest BCUT2D eigenvalue weighted by molar-refractivity contribution is 0.140. The van der Waals surface area contributed by atoms with Gasteiger partial charge in [0, 0.05) is 52.4 Å². The minimum atomic E-state index is 0. The van der Waals surface area contributed by atoms with Gasteiger partial charge in [-0.3, -0.25) is 4.99 Å². The first kappa shape index (κ1) is 23.9. The molecule has 0 spiro atoms. The van der Waals surface area contributed by atoms with Crippen molar-refractivity contribution in [1.82, 2.24) is 20.4 Å². The number of nitrogens with one attached hydrogen (secondary N) is 2. The number of unbranched alkanes of at least 4 members (excludes halogenated alkanes) is 3.